The van der Waals surface area contributed by atoms with Gasteiger partial charge in [-0.2, -0.15) is 0 Å². The van der Waals surface area contributed by atoms with E-state index in [-0.39, 0.29) is 0 Å². The summed E-state index contributed by atoms with van der Waals surface area (Å²) < 4.78 is 6.04. The quantitative estimate of drug-likeness (QED) is 0.524. The summed E-state index contributed by atoms with van der Waals surface area (Å²) in [5.41, 5.74) is 1.37. The number of hydrogen-bond donors (Lipinski definition) is 0. The van der Waals surface area contributed by atoms with E-state index in [0.717, 1.165) is 5.76 Å². The lowest BCUT2D eigenvalue weighted by Crippen LogP contribution is -2.24. The molecule has 0 saturated carbocycles. The van der Waals surface area contributed by atoms with Gasteiger partial charge in [0.2, 0.25) is 8.32 Å². The molecule has 18 heavy (non-hydrogen) atoms. The molecule has 0 radical (unpaired) electrons. The third kappa shape index (κ3) is 5.09. The van der Waals surface area contributed by atoms with E-state index >= 15 is 0 Å². The summed E-state index contributed by atoms with van der Waals surface area (Å²) in [6, 6.07) is 10.7. The van der Waals surface area contributed by atoms with Crippen LogP contribution in [0.2, 0.25) is 19.6 Å². The minimum absolute atomic E-state index is 0.433. The molecule has 0 aliphatic heterocycles. The van der Waals surface area contributed by atoms with Gasteiger partial charge in [-0.25, -0.2) is 0 Å². The highest BCUT2D eigenvalue weighted by atomic mass is 28.4. The molecule has 0 aliphatic rings. The van der Waals surface area contributed by atoms with Gasteiger partial charge in [0.1, 0.15) is 0 Å². The Morgan fingerprint density at radius 3 is 2.11 bits per heavy atom. The number of hydrogen-bond acceptors (Lipinski definition) is 1. The fraction of sp³-hybridized carbons (Fsp3) is 0.500. The first-order chi connectivity index (χ1) is 8.29. The minimum Gasteiger partial charge on any atom is -0.548 e. The maximum atomic E-state index is 6.04. The van der Waals surface area contributed by atoms with Gasteiger partial charge in [0.25, 0.3) is 0 Å². The van der Waals surface area contributed by atoms with Gasteiger partial charge < -0.3 is 4.43 Å². The van der Waals surface area contributed by atoms with Crippen molar-refractivity contribution in [3.8, 4) is 0 Å². The Morgan fingerprint density at radius 2 is 1.67 bits per heavy atom. The highest BCUT2D eigenvalue weighted by Crippen LogP contribution is 2.27. The molecule has 0 fully saturated rings. The SMILES string of the molecule is C/C(=C/[C@@H](c1ccccc1)C(C)C)O[Si](C)(C)C. The van der Waals surface area contributed by atoms with E-state index in [4.69, 9.17) is 4.43 Å². The summed E-state index contributed by atoms with van der Waals surface area (Å²) >= 11 is 0. The fourth-order valence-corrected chi connectivity index (χ4v) is 3.15. The van der Waals surface area contributed by atoms with Crippen molar-refractivity contribution in [2.24, 2.45) is 5.92 Å². The van der Waals surface area contributed by atoms with Crippen LogP contribution in [0, 0.1) is 5.92 Å². The highest BCUT2D eigenvalue weighted by molar-refractivity contribution is 6.70. The predicted molar refractivity (Wildman–Crippen MR) is 82.2 cm³/mol. The molecule has 1 rings (SSSR count). The van der Waals surface area contributed by atoms with E-state index in [0.29, 0.717) is 11.8 Å². The van der Waals surface area contributed by atoms with E-state index in [1.54, 1.807) is 0 Å². The molecule has 100 valence electrons. The maximum Gasteiger partial charge on any atom is 0.241 e. The lowest BCUT2D eigenvalue weighted by molar-refractivity contribution is 0.414. The summed E-state index contributed by atoms with van der Waals surface area (Å²) in [5, 5.41) is 0. The Kier molecular flexibility index (Phi) is 5.21. The van der Waals surface area contributed by atoms with Crippen molar-refractivity contribution in [3.63, 3.8) is 0 Å². The lowest BCUT2D eigenvalue weighted by Gasteiger charge is -2.23. The van der Waals surface area contributed by atoms with Crippen molar-refractivity contribution in [1.29, 1.82) is 0 Å². The molecule has 1 aromatic rings. The number of rotatable bonds is 5. The molecule has 1 aromatic carbocycles. The average Bonchev–Trinajstić information content (AvgIpc) is 2.24. The Bertz CT molecular complexity index is 387. The van der Waals surface area contributed by atoms with Crippen LogP contribution in [0.5, 0.6) is 0 Å². The van der Waals surface area contributed by atoms with Crippen LogP contribution in [-0.4, -0.2) is 8.32 Å². The monoisotopic (exact) mass is 262 g/mol. The first-order valence-corrected chi connectivity index (χ1v) is 10.1. The molecule has 0 amide bonds. The zero-order chi connectivity index (χ0) is 13.8. The third-order valence-electron chi connectivity index (χ3n) is 2.78. The summed E-state index contributed by atoms with van der Waals surface area (Å²) in [7, 11) is -1.49. The standard InChI is InChI=1S/C16H26OSi/c1-13(2)16(15-10-8-7-9-11-15)12-14(3)17-18(4,5)6/h7-13,16H,1-6H3/b14-12-/t16-/m1/s1. The van der Waals surface area contributed by atoms with Crippen LogP contribution in [0.25, 0.3) is 0 Å². The molecule has 1 atom stereocenters. The number of allylic oxidation sites excluding steroid dienone is 2. The van der Waals surface area contributed by atoms with Crippen LogP contribution in [0.3, 0.4) is 0 Å². The van der Waals surface area contributed by atoms with Crippen LogP contribution in [-0.2, 0) is 4.43 Å². The molecule has 0 spiro atoms. The van der Waals surface area contributed by atoms with Crippen molar-refractivity contribution in [2.45, 2.75) is 46.3 Å². The molecule has 0 N–H and O–H groups in total. The molecule has 0 aromatic heterocycles. The van der Waals surface area contributed by atoms with Crippen LogP contribution in [0.15, 0.2) is 42.2 Å². The fourth-order valence-electron chi connectivity index (χ4n) is 2.12. The molecular weight excluding hydrogens is 236 g/mol. The molecule has 0 aliphatic carbocycles. The second-order valence-corrected chi connectivity index (χ2v) is 10.6. The van der Waals surface area contributed by atoms with Gasteiger partial charge in [0.15, 0.2) is 0 Å². The molecule has 0 unspecified atom stereocenters. The third-order valence-corrected chi connectivity index (χ3v) is 3.72. The van der Waals surface area contributed by atoms with Crippen LogP contribution >= 0.6 is 0 Å². The molecule has 0 bridgehead atoms. The Labute approximate surface area is 113 Å². The van der Waals surface area contributed by atoms with Crippen LogP contribution in [0.4, 0.5) is 0 Å². The van der Waals surface area contributed by atoms with Gasteiger partial charge >= 0.3 is 0 Å². The Hall–Kier alpha value is -1.02. The summed E-state index contributed by atoms with van der Waals surface area (Å²) in [5.74, 6) is 2.08. The molecule has 2 heteroatoms. The van der Waals surface area contributed by atoms with Gasteiger partial charge in [-0.1, -0.05) is 44.2 Å². The van der Waals surface area contributed by atoms with E-state index in [1.165, 1.54) is 5.56 Å². The van der Waals surface area contributed by atoms with Gasteiger partial charge in [-0.15, -0.1) is 0 Å². The van der Waals surface area contributed by atoms with Gasteiger partial charge in [0.05, 0.1) is 5.76 Å². The van der Waals surface area contributed by atoms with Crippen LogP contribution in [0.1, 0.15) is 32.3 Å². The van der Waals surface area contributed by atoms with E-state index in [9.17, 15) is 0 Å². The van der Waals surface area contributed by atoms with Crippen LogP contribution < -0.4 is 0 Å². The molecular formula is C16H26OSi. The first kappa shape index (κ1) is 15.0. The minimum atomic E-state index is -1.49. The molecule has 0 heterocycles. The van der Waals surface area contributed by atoms with E-state index < -0.39 is 8.32 Å². The summed E-state index contributed by atoms with van der Waals surface area (Å²) in [6.07, 6.45) is 2.28. The highest BCUT2D eigenvalue weighted by Gasteiger charge is 2.18. The zero-order valence-electron chi connectivity index (χ0n) is 12.5. The second kappa shape index (κ2) is 6.23. The van der Waals surface area contributed by atoms with E-state index in [1.807, 2.05) is 0 Å². The van der Waals surface area contributed by atoms with Gasteiger partial charge in [-0.3, -0.25) is 0 Å². The van der Waals surface area contributed by atoms with Crippen molar-refractivity contribution in [2.75, 3.05) is 0 Å². The van der Waals surface area contributed by atoms with Crippen molar-refractivity contribution >= 4 is 8.32 Å². The Balaban J connectivity index is 2.91. The summed E-state index contributed by atoms with van der Waals surface area (Å²) in [4.78, 5) is 0. The second-order valence-electron chi connectivity index (χ2n) is 6.17. The topological polar surface area (TPSA) is 9.23 Å². The van der Waals surface area contributed by atoms with Crippen molar-refractivity contribution in [3.05, 3.63) is 47.7 Å². The Morgan fingerprint density at radius 1 is 1.11 bits per heavy atom. The van der Waals surface area contributed by atoms with Crippen molar-refractivity contribution < 1.29 is 4.43 Å². The predicted octanol–water partition coefficient (Wildman–Crippen LogP) is 5.18. The average molecular weight is 262 g/mol. The number of benzene rings is 1. The largest absolute Gasteiger partial charge is 0.548 e. The van der Waals surface area contributed by atoms with Crippen molar-refractivity contribution in [1.82, 2.24) is 0 Å². The molecule has 0 saturated heterocycles. The lowest BCUT2D eigenvalue weighted by atomic mass is 9.88. The van der Waals surface area contributed by atoms with Gasteiger partial charge in [0, 0.05) is 5.92 Å². The zero-order valence-corrected chi connectivity index (χ0v) is 13.5. The maximum absolute atomic E-state index is 6.04. The molecule has 1 nitrogen and oxygen atoms in total. The smallest absolute Gasteiger partial charge is 0.241 e. The normalized spacial score (nSPS) is 14.7. The van der Waals surface area contributed by atoms with E-state index in [2.05, 4.69) is 76.8 Å². The first-order valence-electron chi connectivity index (χ1n) is 6.72. The summed E-state index contributed by atoms with van der Waals surface area (Å²) in [6.45, 7) is 13.3. The van der Waals surface area contributed by atoms with Gasteiger partial charge in [-0.05, 0) is 44.1 Å².